The molecule has 0 bridgehead atoms. The largest absolute Gasteiger partial charge is 0.417 e. The van der Waals surface area contributed by atoms with Gasteiger partial charge in [0, 0.05) is 35.7 Å². The molecule has 0 saturated carbocycles. The number of carbonyl (C=O) groups is 1. The predicted molar refractivity (Wildman–Crippen MR) is 65.6 cm³/mol. The van der Waals surface area contributed by atoms with E-state index >= 15 is 0 Å². The molecule has 0 spiro atoms. The van der Waals surface area contributed by atoms with Gasteiger partial charge in [-0.3, -0.25) is 4.79 Å². The fraction of sp³-hybridized carbons (Fsp3) is 0.417. The lowest BCUT2D eigenvalue weighted by atomic mass is 9.99. The predicted octanol–water partition coefficient (Wildman–Crippen LogP) is 2.53. The summed E-state index contributed by atoms with van der Waals surface area (Å²) in [6.07, 6.45) is -4.50. The van der Waals surface area contributed by atoms with Crippen molar-refractivity contribution in [1.82, 2.24) is 4.90 Å². The van der Waals surface area contributed by atoms with Gasteiger partial charge in [0.25, 0.3) is 5.91 Å². The van der Waals surface area contributed by atoms with Crippen LogP contribution in [0.1, 0.15) is 15.9 Å². The molecule has 0 aliphatic carbocycles. The highest BCUT2D eigenvalue weighted by molar-refractivity contribution is 9.10. The van der Waals surface area contributed by atoms with Gasteiger partial charge in [-0.05, 0) is 18.2 Å². The summed E-state index contributed by atoms with van der Waals surface area (Å²) in [6.45, 7) is 0.747. The smallest absolute Gasteiger partial charge is 0.396 e. The average molecular weight is 338 g/mol. The number of nitrogens with zero attached hydrogens (tertiary/aromatic N) is 1. The third-order valence-electron chi connectivity index (χ3n) is 3.02. The van der Waals surface area contributed by atoms with Crippen molar-refractivity contribution in [3.05, 3.63) is 33.8 Å². The van der Waals surface area contributed by atoms with Crippen molar-refractivity contribution in [1.29, 1.82) is 0 Å². The van der Waals surface area contributed by atoms with Crippen LogP contribution < -0.4 is 0 Å². The van der Waals surface area contributed by atoms with Gasteiger partial charge in [0.15, 0.2) is 0 Å². The molecule has 19 heavy (non-hydrogen) atoms. The summed E-state index contributed by atoms with van der Waals surface area (Å²) in [5, 5.41) is 8.85. The summed E-state index contributed by atoms with van der Waals surface area (Å²) in [4.78, 5) is 13.4. The first kappa shape index (κ1) is 14.3. The first-order valence-corrected chi connectivity index (χ1v) is 6.39. The van der Waals surface area contributed by atoms with Crippen molar-refractivity contribution < 1.29 is 23.1 Å². The van der Waals surface area contributed by atoms with Crippen LogP contribution in [-0.2, 0) is 6.18 Å². The third kappa shape index (κ3) is 2.92. The zero-order chi connectivity index (χ0) is 14.2. The molecule has 1 heterocycles. The Hall–Kier alpha value is -1.08. The summed E-state index contributed by atoms with van der Waals surface area (Å²) >= 11 is 2.83. The Kier molecular flexibility index (Phi) is 3.87. The van der Waals surface area contributed by atoms with Crippen LogP contribution in [0.15, 0.2) is 22.7 Å². The van der Waals surface area contributed by atoms with Crippen LogP contribution in [0.5, 0.6) is 0 Å². The summed E-state index contributed by atoms with van der Waals surface area (Å²) < 4.78 is 38.1. The monoisotopic (exact) mass is 337 g/mol. The minimum Gasteiger partial charge on any atom is -0.396 e. The highest BCUT2D eigenvalue weighted by Crippen LogP contribution is 2.35. The van der Waals surface area contributed by atoms with E-state index in [1.165, 1.54) is 17.0 Å². The van der Waals surface area contributed by atoms with Crippen molar-refractivity contribution in [2.24, 2.45) is 5.92 Å². The van der Waals surface area contributed by atoms with Crippen LogP contribution in [-0.4, -0.2) is 35.6 Å². The molecule has 1 aliphatic rings. The summed E-state index contributed by atoms with van der Waals surface area (Å²) in [5.41, 5.74) is -0.857. The van der Waals surface area contributed by atoms with Gasteiger partial charge in [0.2, 0.25) is 0 Å². The van der Waals surface area contributed by atoms with E-state index in [-0.39, 0.29) is 22.6 Å². The molecule has 0 radical (unpaired) electrons. The molecular weight excluding hydrogens is 327 g/mol. The number of likely N-dealkylation sites (tertiary alicyclic amines) is 1. The van der Waals surface area contributed by atoms with Gasteiger partial charge in [-0.2, -0.15) is 13.2 Å². The molecule has 1 amide bonds. The van der Waals surface area contributed by atoms with Crippen LogP contribution in [0.2, 0.25) is 0 Å². The molecule has 1 aliphatic heterocycles. The second-order valence-corrected chi connectivity index (χ2v) is 5.31. The standard InChI is InChI=1S/C12H11BrF3NO2/c13-10-2-1-8(3-9(10)12(14,15)16)11(19)17-4-7(5-17)6-18/h1-3,7,18H,4-6H2. The second-order valence-electron chi connectivity index (χ2n) is 4.45. The molecule has 1 saturated heterocycles. The molecule has 0 aromatic heterocycles. The maximum atomic E-state index is 12.7. The Morgan fingerprint density at radius 3 is 2.58 bits per heavy atom. The van der Waals surface area contributed by atoms with Crippen LogP contribution in [0, 0.1) is 5.92 Å². The zero-order valence-electron chi connectivity index (χ0n) is 9.75. The van der Waals surface area contributed by atoms with Crippen LogP contribution in [0.25, 0.3) is 0 Å². The number of carbonyl (C=O) groups excluding carboxylic acids is 1. The van der Waals surface area contributed by atoms with Gasteiger partial charge in [0.05, 0.1) is 5.56 Å². The fourth-order valence-electron chi connectivity index (χ4n) is 1.91. The number of aliphatic hydroxyl groups excluding tert-OH is 1. The zero-order valence-corrected chi connectivity index (χ0v) is 11.3. The Morgan fingerprint density at radius 1 is 1.42 bits per heavy atom. The van der Waals surface area contributed by atoms with E-state index < -0.39 is 17.6 Å². The molecule has 1 N–H and O–H groups in total. The number of alkyl halides is 3. The number of benzene rings is 1. The normalized spacial score (nSPS) is 16.4. The Bertz CT molecular complexity index is 498. The summed E-state index contributed by atoms with van der Waals surface area (Å²) in [5.74, 6) is -0.413. The van der Waals surface area contributed by atoms with Crippen LogP contribution in [0.3, 0.4) is 0 Å². The van der Waals surface area contributed by atoms with Gasteiger partial charge in [-0.1, -0.05) is 15.9 Å². The maximum absolute atomic E-state index is 12.7. The number of amides is 1. The number of rotatable bonds is 2. The number of hydrogen-bond acceptors (Lipinski definition) is 2. The minimum absolute atomic E-state index is 0.00640. The lowest BCUT2D eigenvalue weighted by molar-refractivity contribution is -0.138. The molecular formula is C12H11BrF3NO2. The average Bonchev–Trinajstić information content (AvgIpc) is 2.26. The first-order valence-electron chi connectivity index (χ1n) is 5.60. The fourth-order valence-corrected chi connectivity index (χ4v) is 2.38. The highest BCUT2D eigenvalue weighted by atomic mass is 79.9. The van der Waals surface area contributed by atoms with Crippen LogP contribution in [0.4, 0.5) is 13.2 Å². The van der Waals surface area contributed by atoms with Gasteiger partial charge in [-0.25, -0.2) is 0 Å². The van der Waals surface area contributed by atoms with Gasteiger partial charge < -0.3 is 10.0 Å². The molecule has 7 heteroatoms. The Morgan fingerprint density at radius 2 is 2.05 bits per heavy atom. The Labute approximate surface area is 116 Å². The summed E-state index contributed by atoms with van der Waals surface area (Å²) in [6, 6.07) is 3.42. The SMILES string of the molecule is O=C(c1ccc(Br)c(C(F)(F)F)c1)N1CC(CO)C1. The van der Waals surface area contributed by atoms with Crippen molar-refractivity contribution in [2.75, 3.05) is 19.7 Å². The van der Waals surface area contributed by atoms with Crippen molar-refractivity contribution in [3.8, 4) is 0 Å². The second kappa shape index (κ2) is 5.13. The Balaban J connectivity index is 2.20. The lowest BCUT2D eigenvalue weighted by Crippen LogP contribution is -2.51. The first-order chi connectivity index (χ1) is 8.82. The minimum atomic E-state index is -4.50. The molecule has 2 rings (SSSR count). The van der Waals surface area contributed by atoms with Crippen molar-refractivity contribution in [2.45, 2.75) is 6.18 Å². The number of halogens is 4. The van der Waals surface area contributed by atoms with E-state index in [1.54, 1.807) is 0 Å². The molecule has 104 valence electrons. The lowest BCUT2D eigenvalue weighted by Gasteiger charge is -2.38. The number of aliphatic hydroxyl groups is 1. The summed E-state index contributed by atoms with van der Waals surface area (Å²) in [7, 11) is 0. The van der Waals surface area contributed by atoms with E-state index in [0.717, 1.165) is 6.07 Å². The molecule has 1 fully saturated rings. The van der Waals surface area contributed by atoms with E-state index in [1.807, 2.05) is 0 Å². The van der Waals surface area contributed by atoms with E-state index in [9.17, 15) is 18.0 Å². The van der Waals surface area contributed by atoms with E-state index in [0.29, 0.717) is 13.1 Å². The maximum Gasteiger partial charge on any atom is 0.417 e. The molecule has 0 atom stereocenters. The molecule has 1 aromatic carbocycles. The van der Waals surface area contributed by atoms with E-state index in [2.05, 4.69) is 15.9 Å². The quantitative estimate of drug-likeness (QED) is 0.900. The van der Waals surface area contributed by atoms with Crippen molar-refractivity contribution in [3.63, 3.8) is 0 Å². The van der Waals surface area contributed by atoms with Crippen LogP contribution >= 0.6 is 15.9 Å². The third-order valence-corrected chi connectivity index (χ3v) is 3.71. The van der Waals surface area contributed by atoms with Gasteiger partial charge in [-0.15, -0.1) is 0 Å². The highest BCUT2D eigenvalue weighted by Gasteiger charge is 2.35. The molecule has 0 unspecified atom stereocenters. The molecule has 1 aromatic rings. The number of hydrogen-bond donors (Lipinski definition) is 1. The van der Waals surface area contributed by atoms with Gasteiger partial charge in [0.1, 0.15) is 0 Å². The topological polar surface area (TPSA) is 40.5 Å². The van der Waals surface area contributed by atoms with Gasteiger partial charge >= 0.3 is 6.18 Å². The molecule has 3 nitrogen and oxygen atoms in total. The van der Waals surface area contributed by atoms with E-state index in [4.69, 9.17) is 5.11 Å². The van der Waals surface area contributed by atoms with Crippen molar-refractivity contribution >= 4 is 21.8 Å².